The Morgan fingerprint density at radius 1 is 0.895 bits per heavy atom. The molecule has 1 heterocycles. The van der Waals surface area contributed by atoms with Crippen molar-refractivity contribution >= 4 is 32.3 Å². The Morgan fingerprint density at radius 2 is 1.26 bits per heavy atom. The SMILES string of the molecule is CCN(CC)c1nc(P(=O)(O)O)nc(P(=O)(O)O)n1. The van der Waals surface area contributed by atoms with Crippen LogP contribution in [0.25, 0.3) is 0 Å². The summed E-state index contributed by atoms with van der Waals surface area (Å²) in [5, 5.41) is 0. The molecule has 0 saturated carbocycles. The van der Waals surface area contributed by atoms with Gasteiger partial charge in [0.1, 0.15) is 0 Å². The lowest BCUT2D eigenvalue weighted by Crippen LogP contribution is -2.33. The highest BCUT2D eigenvalue weighted by atomic mass is 31.2. The van der Waals surface area contributed by atoms with E-state index in [0.29, 0.717) is 13.1 Å². The molecule has 12 heteroatoms. The molecule has 1 aromatic heterocycles. The summed E-state index contributed by atoms with van der Waals surface area (Å²) in [7, 11) is -9.67. The summed E-state index contributed by atoms with van der Waals surface area (Å²) in [5.41, 5.74) is -1.91. The second-order valence-electron chi connectivity index (χ2n) is 3.50. The normalized spacial score (nSPS) is 12.5. The van der Waals surface area contributed by atoms with Crippen LogP contribution < -0.4 is 16.0 Å². The molecule has 4 N–H and O–H groups in total. The molecule has 0 aliphatic heterocycles. The summed E-state index contributed by atoms with van der Waals surface area (Å²) < 4.78 is 22.3. The number of anilines is 1. The zero-order chi connectivity index (χ0) is 14.8. The largest absolute Gasteiger partial charge is 0.393 e. The number of rotatable bonds is 5. The smallest absolute Gasteiger partial charge is 0.341 e. The van der Waals surface area contributed by atoms with E-state index < -0.39 is 26.3 Å². The minimum Gasteiger partial charge on any atom is -0.341 e. The third-order valence-corrected chi connectivity index (χ3v) is 3.61. The summed E-state index contributed by atoms with van der Waals surface area (Å²) in [4.78, 5) is 47.8. The van der Waals surface area contributed by atoms with E-state index in [1.54, 1.807) is 13.8 Å². The first-order chi connectivity index (χ1) is 8.59. The van der Waals surface area contributed by atoms with Crippen LogP contribution in [-0.4, -0.2) is 47.6 Å². The summed E-state index contributed by atoms with van der Waals surface area (Å²) >= 11 is 0. The molecule has 0 unspecified atom stereocenters. The van der Waals surface area contributed by atoms with E-state index in [0.717, 1.165) is 0 Å². The zero-order valence-electron chi connectivity index (χ0n) is 10.2. The third-order valence-electron chi connectivity index (χ3n) is 2.17. The molecular formula is C7H14N4O6P2. The molecule has 0 fully saturated rings. The van der Waals surface area contributed by atoms with Crippen molar-refractivity contribution in [3.63, 3.8) is 0 Å². The van der Waals surface area contributed by atoms with Crippen molar-refractivity contribution < 1.29 is 28.7 Å². The number of aromatic nitrogens is 3. The molecule has 0 aliphatic rings. The van der Waals surface area contributed by atoms with Crippen LogP contribution in [0.5, 0.6) is 0 Å². The minimum absolute atomic E-state index is 0.184. The lowest BCUT2D eigenvalue weighted by molar-refractivity contribution is 0.384. The minimum atomic E-state index is -4.83. The molecule has 10 nitrogen and oxygen atoms in total. The molecule has 0 amide bonds. The Bertz CT molecular complexity index is 510. The Kier molecular flexibility index (Phi) is 4.78. The van der Waals surface area contributed by atoms with Gasteiger partial charge >= 0.3 is 15.2 Å². The fourth-order valence-corrected chi connectivity index (χ4v) is 2.22. The van der Waals surface area contributed by atoms with E-state index in [1.165, 1.54) is 4.90 Å². The van der Waals surface area contributed by atoms with E-state index in [4.69, 9.17) is 19.6 Å². The van der Waals surface area contributed by atoms with Crippen molar-refractivity contribution in [2.24, 2.45) is 0 Å². The van der Waals surface area contributed by atoms with Gasteiger partial charge in [-0.2, -0.15) is 15.0 Å². The van der Waals surface area contributed by atoms with Gasteiger partial charge in [0.15, 0.2) is 0 Å². The van der Waals surface area contributed by atoms with Gasteiger partial charge < -0.3 is 24.5 Å². The molecule has 0 aliphatic carbocycles. The molecule has 1 rings (SSSR count). The van der Waals surface area contributed by atoms with Crippen molar-refractivity contribution in [2.45, 2.75) is 13.8 Å². The van der Waals surface area contributed by atoms with Gasteiger partial charge in [0.05, 0.1) is 0 Å². The van der Waals surface area contributed by atoms with Gasteiger partial charge in [-0.05, 0) is 13.8 Å². The first-order valence-electron chi connectivity index (χ1n) is 5.22. The molecular weight excluding hydrogens is 298 g/mol. The Morgan fingerprint density at radius 3 is 1.53 bits per heavy atom. The van der Waals surface area contributed by atoms with Crippen LogP contribution in [0.4, 0.5) is 5.95 Å². The maximum Gasteiger partial charge on any atom is 0.393 e. The van der Waals surface area contributed by atoms with Crippen LogP contribution in [0.3, 0.4) is 0 Å². The molecule has 0 atom stereocenters. The molecule has 0 bridgehead atoms. The molecule has 108 valence electrons. The van der Waals surface area contributed by atoms with Gasteiger partial charge in [0, 0.05) is 13.1 Å². The molecule has 19 heavy (non-hydrogen) atoms. The Labute approximate surface area is 108 Å². The number of hydrogen-bond acceptors (Lipinski definition) is 6. The van der Waals surface area contributed by atoms with Gasteiger partial charge in [-0.1, -0.05) is 0 Å². The van der Waals surface area contributed by atoms with E-state index in [9.17, 15) is 9.13 Å². The average Bonchev–Trinajstić information content (AvgIpc) is 2.28. The van der Waals surface area contributed by atoms with Gasteiger partial charge in [0.25, 0.3) is 0 Å². The van der Waals surface area contributed by atoms with Gasteiger partial charge in [-0.3, -0.25) is 9.13 Å². The highest BCUT2D eigenvalue weighted by Crippen LogP contribution is 2.34. The predicted molar refractivity (Wildman–Crippen MR) is 66.7 cm³/mol. The second-order valence-corrected chi connectivity index (χ2v) is 6.47. The van der Waals surface area contributed by atoms with Crippen molar-refractivity contribution in [2.75, 3.05) is 18.0 Å². The topological polar surface area (TPSA) is 157 Å². The van der Waals surface area contributed by atoms with Crippen LogP contribution in [0.2, 0.25) is 0 Å². The highest BCUT2D eigenvalue weighted by molar-refractivity contribution is 7.61. The molecule has 1 aromatic rings. The first-order valence-corrected chi connectivity index (χ1v) is 8.45. The van der Waals surface area contributed by atoms with Gasteiger partial charge in [-0.25, -0.2) is 0 Å². The van der Waals surface area contributed by atoms with Crippen molar-refractivity contribution in [1.82, 2.24) is 15.0 Å². The fraction of sp³-hybridized carbons (Fsp3) is 0.571. The van der Waals surface area contributed by atoms with E-state index in [-0.39, 0.29) is 5.95 Å². The van der Waals surface area contributed by atoms with Gasteiger partial charge in [-0.15, -0.1) is 0 Å². The van der Waals surface area contributed by atoms with E-state index in [1.807, 2.05) is 0 Å². The van der Waals surface area contributed by atoms with E-state index >= 15 is 0 Å². The number of hydrogen-bond donors (Lipinski definition) is 4. The van der Waals surface area contributed by atoms with Crippen molar-refractivity contribution in [1.29, 1.82) is 0 Å². The van der Waals surface area contributed by atoms with Crippen molar-refractivity contribution in [3.05, 3.63) is 0 Å². The Balaban J connectivity index is 3.49. The zero-order valence-corrected chi connectivity index (χ0v) is 12.0. The Hall–Kier alpha value is -0.890. The second kappa shape index (κ2) is 5.62. The van der Waals surface area contributed by atoms with E-state index in [2.05, 4.69) is 15.0 Å². The average molecular weight is 312 g/mol. The quantitative estimate of drug-likeness (QED) is 0.463. The molecule has 0 aromatic carbocycles. The summed E-state index contributed by atoms with van der Waals surface area (Å²) in [5.74, 6) is -0.184. The van der Waals surface area contributed by atoms with Crippen LogP contribution in [0.15, 0.2) is 0 Å². The van der Waals surface area contributed by atoms with Crippen LogP contribution in [0.1, 0.15) is 13.8 Å². The highest BCUT2D eigenvalue weighted by Gasteiger charge is 2.30. The standard InChI is InChI=1S/C7H14N4O6P2/c1-3-11(4-2)5-8-6(18(12,13)14)10-7(9-5)19(15,16)17/h3-4H2,1-2H3,(H2,12,13,14)(H2,15,16,17). The lowest BCUT2D eigenvalue weighted by atomic mass is 10.5. The van der Waals surface area contributed by atoms with Crippen LogP contribution in [0, 0.1) is 0 Å². The summed E-state index contributed by atoms with van der Waals surface area (Å²) in [6, 6.07) is 0. The van der Waals surface area contributed by atoms with Gasteiger partial charge in [0.2, 0.25) is 17.1 Å². The van der Waals surface area contributed by atoms with Crippen LogP contribution >= 0.6 is 15.2 Å². The van der Waals surface area contributed by atoms with Crippen molar-refractivity contribution in [3.8, 4) is 0 Å². The third kappa shape index (κ3) is 4.04. The summed E-state index contributed by atoms with van der Waals surface area (Å²) in [6.07, 6.45) is 0. The molecule has 0 radical (unpaired) electrons. The van der Waals surface area contributed by atoms with Crippen LogP contribution in [-0.2, 0) is 9.13 Å². The predicted octanol–water partition coefficient (Wildman–Crippen LogP) is -1.68. The maximum absolute atomic E-state index is 11.1. The molecule has 0 spiro atoms. The number of nitrogens with zero attached hydrogens (tertiary/aromatic N) is 4. The monoisotopic (exact) mass is 312 g/mol. The fourth-order valence-electron chi connectivity index (χ4n) is 1.25. The maximum atomic E-state index is 11.1. The molecule has 0 saturated heterocycles. The first kappa shape index (κ1) is 16.2. The summed E-state index contributed by atoms with van der Waals surface area (Å²) in [6.45, 7) is 4.28. The lowest BCUT2D eigenvalue weighted by Gasteiger charge is -2.19.